The van der Waals surface area contributed by atoms with E-state index in [4.69, 9.17) is 5.26 Å². The minimum Gasteiger partial charge on any atom is 2.00 e. The number of fused-ring (bicyclic) bond motifs is 4. The number of pyridine rings is 2. The van der Waals surface area contributed by atoms with Crippen molar-refractivity contribution in [2.75, 3.05) is 66.5 Å². The smallest absolute Gasteiger partial charge is 2.00 e. The van der Waals surface area contributed by atoms with E-state index in [2.05, 4.69) is 39.7 Å². The number of aryl methyl sites for hydroxylation is 3. The van der Waals surface area contributed by atoms with Gasteiger partial charge in [0.05, 0.1) is 49.6 Å². The van der Waals surface area contributed by atoms with Crippen LogP contribution in [-0.2, 0) is 39.0 Å². The Bertz CT molecular complexity index is 2120. The normalized spacial score (nSPS) is 14.9. The maximum atomic E-state index is 12.8. The Hall–Kier alpha value is -4.84. The number of carboxylic acid groups (broad SMARTS) is 1. The first kappa shape index (κ1) is 59.2. The van der Waals surface area contributed by atoms with E-state index < -0.39 is 13.8 Å². The van der Waals surface area contributed by atoms with Crippen LogP contribution in [0.3, 0.4) is 0 Å². The Morgan fingerprint density at radius 3 is 1.20 bits per heavy atom. The predicted octanol–water partition coefficient (Wildman–Crippen LogP) is 6.43. The van der Waals surface area contributed by atoms with Gasteiger partial charge in [0.25, 0.3) is 0 Å². The van der Waals surface area contributed by atoms with Gasteiger partial charge < -0.3 is 29.9 Å². The van der Waals surface area contributed by atoms with Gasteiger partial charge in [0, 0.05) is 75.9 Å². The molecule has 0 spiro atoms. The Kier molecular flexibility index (Phi) is 24.8. The third kappa shape index (κ3) is 26.1. The van der Waals surface area contributed by atoms with Crippen LogP contribution in [0.25, 0.3) is 11.4 Å². The first-order valence-electron chi connectivity index (χ1n) is 18.8. The number of nitriles is 1. The molecule has 0 saturated heterocycles. The van der Waals surface area contributed by atoms with Crippen LogP contribution in [-0.4, -0.2) is 117 Å². The molecule has 4 aromatic rings. The molecule has 22 heteroatoms. The minimum atomic E-state index is -10.7. The molecule has 0 saturated carbocycles. The fourth-order valence-corrected chi connectivity index (χ4v) is 5.21. The van der Waals surface area contributed by atoms with Crippen LogP contribution in [0, 0.1) is 32.1 Å². The van der Waals surface area contributed by atoms with Crippen molar-refractivity contribution in [3.8, 4) is 29.0 Å². The largest absolute Gasteiger partial charge is 2.00 e. The summed E-state index contributed by atoms with van der Waals surface area (Å²) in [4.78, 5) is 41.0. The molecule has 13 nitrogen and oxygen atoms in total. The molecule has 0 atom stereocenters. The van der Waals surface area contributed by atoms with Gasteiger partial charge in [0.1, 0.15) is 0 Å². The van der Waals surface area contributed by atoms with Crippen LogP contribution >= 0.6 is 7.81 Å². The van der Waals surface area contributed by atoms with E-state index in [9.17, 15) is 45.3 Å². The van der Waals surface area contributed by atoms with Crippen LogP contribution in [0.15, 0.2) is 80.9 Å². The molecule has 2 aromatic carbocycles. The van der Waals surface area contributed by atoms with Crippen molar-refractivity contribution in [3.05, 3.63) is 105 Å². The summed E-state index contributed by atoms with van der Waals surface area (Å²) in [5.74, 6) is -1.32. The zero-order chi connectivity index (χ0) is 46.6. The number of aromatic nitrogens is 2. The van der Waals surface area contributed by atoms with Crippen LogP contribution in [0.5, 0.6) is 11.5 Å². The predicted molar refractivity (Wildman–Crippen MR) is 227 cm³/mol. The fraction of sp³-hybridized carbons (Fsp3) is 0.333. The van der Waals surface area contributed by atoms with Crippen molar-refractivity contribution in [1.82, 2.24) is 19.8 Å². The Labute approximate surface area is 394 Å². The summed E-state index contributed by atoms with van der Waals surface area (Å²) in [6.07, 6.45) is 9.75. The molecule has 0 unspecified atom stereocenters. The second-order valence-electron chi connectivity index (χ2n) is 13.9. The molecule has 4 bridgehead atoms. The Morgan fingerprint density at radius 1 is 0.609 bits per heavy atom. The van der Waals surface area contributed by atoms with E-state index in [1.807, 2.05) is 71.3 Å². The van der Waals surface area contributed by atoms with Crippen molar-refractivity contribution in [3.63, 3.8) is 0 Å². The number of aliphatic imine (C=N–C) groups is 4. The van der Waals surface area contributed by atoms with Gasteiger partial charge in [-0.05, 0) is 98.1 Å². The van der Waals surface area contributed by atoms with E-state index >= 15 is 0 Å². The molecule has 2 aromatic heterocycles. The maximum Gasteiger partial charge on any atom is 2.00 e. The topological polar surface area (TPSA) is 192 Å². The van der Waals surface area contributed by atoms with E-state index in [0.717, 1.165) is 42.9 Å². The molecule has 336 valence electrons. The minimum absolute atomic E-state index is 0. The second-order valence-corrected chi connectivity index (χ2v) is 15.8. The van der Waals surface area contributed by atoms with Gasteiger partial charge >= 0.3 is 71.9 Å². The average Bonchev–Trinajstić information content (AvgIpc) is 3.17. The number of aromatic carboxylic acids is 1. The van der Waals surface area contributed by atoms with Crippen LogP contribution in [0.4, 0.5) is 25.2 Å². The van der Waals surface area contributed by atoms with Gasteiger partial charge in [0.2, 0.25) is 0 Å². The number of carbonyl (C=O) groups excluding carboxylic acids is 1. The van der Waals surface area contributed by atoms with Gasteiger partial charge in [-0.1, -0.05) is 35.8 Å². The molecule has 3 heterocycles. The van der Waals surface area contributed by atoms with Crippen molar-refractivity contribution >= 4 is 38.6 Å². The SMILES string of the molecule is CC#N.Cc1cc2c([O-])c(c1)C=NCCN(C)CCN=Cc1cc(C)cc(c1[O-])C=NCCN(C)CCN=C2.Cc1ccnc(-c2cc(C(=O)[O-])ccn2)c1.F[P-](F)(F)(F)(F)F.[Zn+2].[Zn+2]. The number of benzene rings is 2. The number of carboxylic acids is 1. The van der Waals surface area contributed by atoms with E-state index in [-0.39, 0.29) is 56.0 Å². The van der Waals surface area contributed by atoms with E-state index in [1.54, 1.807) is 37.1 Å². The quantitative estimate of drug-likeness (QED) is 0.124. The molecule has 0 fully saturated rings. The monoisotopic (exact) mass is 1020 g/mol. The zero-order valence-corrected chi connectivity index (χ0v) is 43.4. The zero-order valence-electron chi connectivity index (χ0n) is 36.5. The van der Waals surface area contributed by atoms with Gasteiger partial charge in [0.15, 0.2) is 0 Å². The van der Waals surface area contributed by atoms with Gasteiger partial charge in [-0.2, -0.15) is 5.26 Å². The van der Waals surface area contributed by atoms with Crippen molar-refractivity contribution < 1.29 is 84.3 Å². The first-order valence-corrected chi connectivity index (χ1v) is 20.9. The molecule has 0 amide bonds. The molecule has 64 heavy (non-hydrogen) atoms. The number of hydrogen-bond donors (Lipinski definition) is 0. The number of carbonyl (C=O) groups is 1. The van der Waals surface area contributed by atoms with Gasteiger partial charge in [-0.3, -0.25) is 29.9 Å². The third-order valence-corrected chi connectivity index (χ3v) is 8.12. The summed E-state index contributed by atoms with van der Waals surface area (Å²) in [7, 11) is -6.64. The third-order valence-electron chi connectivity index (χ3n) is 8.12. The van der Waals surface area contributed by atoms with E-state index in [1.165, 1.54) is 25.3 Å². The van der Waals surface area contributed by atoms with Crippen molar-refractivity contribution in [1.29, 1.82) is 5.26 Å². The molecular weight excluding hydrogens is 970 g/mol. The average molecular weight is 1020 g/mol. The number of likely N-dealkylation sites (N-methyl/N-ethyl adjacent to an activating group) is 2. The van der Waals surface area contributed by atoms with Gasteiger partial charge in [-0.15, -0.1) is 0 Å². The summed E-state index contributed by atoms with van der Waals surface area (Å²) >= 11 is 0. The van der Waals surface area contributed by atoms with Crippen molar-refractivity contribution in [2.24, 2.45) is 20.0 Å². The first-order chi connectivity index (χ1) is 28.9. The van der Waals surface area contributed by atoms with Crippen LogP contribution in [0.2, 0.25) is 0 Å². The molecule has 1 aliphatic heterocycles. The maximum absolute atomic E-state index is 12.8. The molecule has 0 aliphatic carbocycles. The van der Waals surface area contributed by atoms with E-state index in [0.29, 0.717) is 59.8 Å². The molecule has 1 aliphatic rings. The summed E-state index contributed by atoms with van der Waals surface area (Å²) in [6.45, 7) is 12.6. The summed E-state index contributed by atoms with van der Waals surface area (Å²) in [5, 5.41) is 43.6. The van der Waals surface area contributed by atoms with Crippen LogP contribution < -0.4 is 15.3 Å². The number of nitrogens with zero attached hydrogens (tertiary/aromatic N) is 9. The summed E-state index contributed by atoms with van der Waals surface area (Å²) in [6, 6.07) is 15.8. The summed E-state index contributed by atoms with van der Waals surface area (Å²) < 4.78 is 59.2. The molecular formula is C42H48F6N9O4PZn2. The Balaban J connectivity index is 0.00000117. The summed E-state index contributed by atoms with van der Waals surface area (Å²) in [5.41, 5.74) is 6.68. The molecule has 5 rings (SSSR count). The van der Waals surface area contributed by atoms with Gasteiger partial charge in [-0.25, -0.2) is 0 Å². The number of hydrogen-bond acceptors (Lipinski definition) is 13. The molecule has 0 N–H and O–H groups in total. The van der Waals surface area contributed by atoms with Crippen LogP contribution in [0.1, 0.15) is 56.2 Å². The number of rotatable bonds is 2. The second kappa shape index (κ2) is 26.8. The standard InChI is InChI=1S/C28H38N6O2.C12H10N2O2.C2H3N.F6P.2Zn/c1-21-13-23-17-29-5-9-33(3)11-7-31-19-25-15-22(2)16-26(28(25)36)20-32-8-12-34(4)10-6-30-18-24(14-21)27(23)35;1-8-2-4-13-10(6-8)11-7-9(12(15)16)3-5-14-11;1-2-3;1-7(2,3,4,5)6;;/h13-20,35-36H,5-12H2,1-4H3;2-7H,1H3,(H,15,16);1H3;;;/q;;;-1;2*+2/p-3. The Morgan fingerprint density at radius 2 is 0.906 bits per heavy atom. The molecule has 0 radical (unpaired) electrons. The van der Waals surface area contributed by atoms with Crippen molar-refractivity contribution in [2.45, 2.75) is 27.7 Å². The number of halogens is 6. The fourth-order valence-electron chi connectivity index (χ4n) is 5.21.